The van der Waals surface area contributed by atoms with Crippen molar-refractivity contribution < 1.29 is 23.1 Å². The second-order valence-electron chi connectivity index (χ2n) is 7.69. The van der Waals surface area contributed by atoms with Crippen LogP contribution >= 0.6 is 7.75 Å². The van der Waals surface area contributed by atoms with E-state index < -0.39 is 19.5 Å². The van der Waals surface area contributed by atoms with Gasteiger partial charge in [-0.05, 0) is 44.5 Å². The number of carbonyl (C=O) groups is 1. The number of para-hydroxylation sites is 1. The molecule has 180 valence electrons. The summed E-state index contributed by atoms with van der Waals surface area (Å²) >= 11 is 0. The average Bonchev–Trinajstić information content (AvgIpc) is 3.27. The Labute approximate surface area is 197 Å². The Morgan fingerprint density at radius 2 is 2.06 bits per heavy atom. The number of anilines is 1. The highest BCUT2D eigenvalue weighted by Gasteiger charge is 2.36. The number of nitrogens with one attached hydrogen (secondary N) is 1. The van der Waals surface area contributed by atoms with Gasteiger partial charge in [0.2, 0.25) is 0 Å². The summed E-state index contributed by atoms with van der Waals surface area (Å²) < 4.78 is 32.1. The number of nitrogen functional groups attached to an aromatic ring is 1. The van der Waals surface area contributed by atoms with Crippen molar-refractivity contribution in [2.45, 2.75) is 38.9 Å². The SMILES string of the molecule is CCC(COP(=O)(NCC(C)=O)Oc1ccccc1)OC(C)(C#N)c1ccc2c(N)ncnn12. The number of hydrogen-bond donors (Lipinski definition) is 2. The van der Waals surface area contributed by atoms with Crippen LogP contribution in [0.5, 0.6) is 5.75 Å². The van der Waals surface area contributed by atoms with Gasteiger partial charge in [-0.3, -0.25) is 9.32 Å². The van der Waals surface area contributed by atoms with Gasteiger partial charge in [0, 0.05) is 0 Å². The molecule has 0 aliphatic heterocycles. The number of hydrogen-bond acceptors (Lipinski definition) is 9. The summed E-state index contributed by atoms with van der Waals surface area (Å²) in [5.41, 5.74) is 5.47. The molecule has 12 heteroatoms. The van der Waals surface area contributed by atoms with Gasteiger partial charge in [0.1, 0.15) is 29.4 Å². The van der Waals surface area contributed by atoms with E-state index in [1.807, 2.05) is 6.92 Å². The first kappa shape index (κ1) is 25.3. The Balaban J connectivity index is 1.78. The first-order chi connectivity index (χ1) is 16.2. The van der Waals surface area contributed by atoms with Gasteiger partial charge < -0.3 is 15.0 Å². The molecule has 0 radical (unpaired) electrons. The lowest BCUT2D eigenvalue weighted by molar-refractivity contribution is -0.116. The molecule has 2 aromatic heterocycles. The number of nitrogens with zero attached hydrogens (tertiary/aromatic N) is 4. The maximum absolute atomic E-state index is 13.3. The molecule has 3 atom stereocenters. The summed E-state index contributed by atoms with van der Waals surface area (Å²) in [7, 11) is -3.92. The van der Waals surface area contributed by atoms with E-state index in [-0.39, 0.29) is 24.8 Å². The molecule has 0 amide bonds. The number of carbonyl (C=O) groups excluding carboxylic acids is 1. The van der Waals surface area contributed by atoms with Crippen molar-refractivity contribution in [2.24, 2.45) is 0 Å². The molecule has 0 saturated carbocycles. The summed E-state index contributed by atoms with van der Waals surface area (Å²) in [4.78, 5) is 15.4. The largest absolute Gasteiger partial charge is 0.459 e. The molecular weight excluding hydrogens is 459 g/mol. The van der Waals surface area contributed by atoms with Crippen LogP contribution in [0.1, 0.15) is 32.9 Å². The molecule has 0 aliphatic rings. The molecule has 3 unspecified atom stereocenters. The Hall–Kier alpha value is -3.29. The lowest BCUT2D eigenvalue weighted by Gasteiger charge is -2.29. The quantitative estimate of drug-likeness (QED) is 0.365. The zero-order valence-corrected chi connectivity index (χ0v) is 20.1. The number of Topliss-reactive ketones (excluding diaryl/α,β-unsaturated/α-hetero) is 1. The third-order valence-electron chi connectivity index (χ3n) is 4.96. The van der Waals surface area contributed by atoms with Gasteiger partial charge in [-0.15, -0.1) is 0 Å². The van der Waals surface area contributed by atoms with E-state index >= 15 is 0 Å². The minimum Gasteiger partial charge on any atom is -0.413 e. The van der Waals surface area contributed by atoms with Gasteiger partial charge in [-0.25, -0.2) is 19.2 Å². The van der Waals surface area contributed by atoms with Crippen LogP contribution in [0.25, 0.3) is 5.52 Å². The van der Waals surface area contributed by atoms with E-state index in [0.29, 0.717) is 23.4 Å². The normalized spacial score (nSPS) is 15.7. The van der Waals surface area contributed by atoms with E-state index in [1.54, 1.807) is 49.4 Å². The minimum absolute atomic E-state index is 0.163. The second-order valence-corrected chi connectivity index (χ2v) is 9.44. The van der Waals surface area contributed by atoms with Gasteiger partial charge in [-0.1, -0.05) is 25.1 Å². The van der Waals surface area contributed by atoms with Crippen LogP contribution in [0.4, 0.5) is 5.82 Å². The smallest absolute Gasteiger partial charge is 0.413 e. The van der Waals surface area contributed by atoms with Gasteiger partial charge >= 0.3 is 7.75 Å². The maximum atomic E-state index is 13.3. The Bertz CT molecular complexity index is 1230. The summed E-state index contributed by atoms with van der Waals surface area (Å²) in [5.74, 6) is 0.351. The number of nitrogens with two attached hydrogens (primary N) is 1. The number of nitriles is 1. The molecule has 34 heavy (non-hydrogen) atoms. The van der Waals surface area contributed by atoms with Crippen molar-refractivity contribution in [3.05, 3.63) is 54.5 Å². The lowest BCUT2D eigenvalue weighted by Crippen LogP contribution is -2.34. The number of ether oxygens (including phenoxy) is 1. The molecular formula is C22H27N6O5P. The third-order valence-corrected chi connectivity index (χ3v) is 6.45. The highest BCUT2D eigenvalue weighted by atomic mass is 31.2. The zero-order chi connectivity index (χ0) is 24.8. The second kappa shape index (κ2) is 10.8. The van der Waals surface area contributed by atoms with E-state index in [4.69, 9.17) is 19.5 Å². The summed E-state index contributed by atoms with van der Waals surface area (Å²) in [6.07, 6.45) is 1.10. The van der Waals surface area contributed by atoms with Gasteiger partial charge in [-0.2, -0.15) is 10.4 Å². The van der Waals surface area contributed by atoms with Gasteiger partial charge in [0.25, 0.3) is 0 Å². The van der Waals surface area contributed by atoms with Crippen LogP contribution < -0.4 is 15.3 Å². The molecule has 0 aliphatic carbocycles. The van der Waals surface area contributed by atoms with E-state index in [0.717, 1.165) is 0 Å². The highest BCUT2D eigenvalue weighted by molar-refractivity contribution is 7.52. The molecule has 3 rings (SSSR count). The average molecular weight is 486 g/mol. The molecule has 0 fully saturated rings. The molecule has 3 N–H and O–H groups in total. The van der Waals surface area contributed by atoms with Crippen molar-refractivity contribution >= 4 is 24.9 Å². The Morgan fingerprint density at radius 3 is 2.71 bits per heavy atom. The third kappa shape index (κ3) is 5.98. The van der Waals surface area contributed by atoms with Crippen LogP contribution in [0.3, 0.4) is 0 Å². The Morgan fingerprint density at radius 1 is 1.32 bits per heavy atom. The first-order valence-corrected chi connectivity index (χ1v) is 12.2. The Kier molecular flexibility index (Phi) is 8.02. The van der Waals surface area contributed by atoms with Crippen LogP contribution in [-0.4, -0.2) is 39.6 Å². The van der Waals surface area contributed by atoms with Crippen molar-refractivity contribution in [2.75, 3.05) is 18.9 Å². The molecule has 0 spiro atoms. The number of rotatable bonds is 12. The van der Waals surface area contributed by atoms with E-state index in [1.165, 1.54) is 17.8 Å². The van der Waals surface area contributed by atoms with Crippen molar-refractivity contribution in [1.82, 2.24) is 19.7 Å². The first-order valence-electron chi connectivity index (χ1n) is 10.6. The maximum Gasteiger partial charge on any atom is 0.459 e. The topological polar surface area (TPSA) is 154 Å². The van der Waals surface area contributed by atoms with Crippen molar-refractivity contribution in [1.29, 1.82) is 5.26 Å². The fraction of sp³-hybridized carbons (Fsp3) is 0.364. The van der Waals surface area contributed by atoms with Crippen LogP contribution in [0, 0.1) is 11.3 Å². The summed E-state index contributed by atoms with van der Waals surface area (Å²) in [5, 5.41) is 16.7. The minimum atomic E-state index is -3.92. The predicted molar refractivity (Wildman–Crippen MR) is 125 cm³/mol. The predicted octanol–water partition coefficient (Wildman–Crippen LogP) is 3.23. The fourth-order valence-corrected chi connectivity index (χ4v) is 4.53. The lowest BCUT2D eigenvalue weighted by atomic mass is 10.0. The fourth-order valence-electron chi connectivity index (χ4n) is 3.14. The number of ketones is 1. The van der Waals surface area contributed by atoms with Crippen LogP contribution in [0.15, 0.2) is 48.8 Å². The summed E-state index contributed by atoms with van der Waals surface area (Å²) in [6, 6.07) is 14.0. The van der Waals surface area contributed by atoms with Crippen LogP contribution in [-0.2, 0) is 24.2 Å². The van der Waals surface area contributed by atoms with E-state index in [2.05, 4.69) is 21.2 Å². The number of aromatic nitrogens is 3. The summed E-state index contributed by atoms with van der Waals surface area (Å²) in [6.45, 7) is 4.43. The molecule has 2 heterocycles. The van der Waals surface area contributed by atoms with Crippen molar-refractivity contribution in [3.63, 3.8) is 0 Å². The zero-order valence-electron chi connectivity index (χ0n) is 19.2. The molecule has 0 bridgehead atoms. The van der Waals surface area contributed by atoms with Crippen molar-refractivity contribution in [3.8, 4) is 11.8 Å². The number of benzene rings is 1. The monoisotopic (exact) mass is 486 g/mol. The standard InChI is InChI=1S/C22H27N6O5P/c1-4-17(13-31-34(30,27-12-16(2)29)33-18-8-6-5-7-9-18)32-22(3,14-23)20-11-10-19-21(24)25-15-26-28(19)20/h5-11,15,17H,4,12-13H2,1-3H3,(H,27,30)(H2,24,25,26). The van der Waals surface area contributed by atoms with Gasteiger partial charge in [0.05, 0.1) is 24.9 Å². The number of fused-ring (bicyclic) bond motifs is 1. The van der Waals surface area contributed by atoms with E-state index in [9.17, 15) is 14.6 Å². The molecule has 1 aromatic carbocycles. The molecule has 0 saturated heterocycles. The van der Waals surface area contributed by atoms with Crippen LogP contribution in [0.2, 0.25) is 0 Å². The molecule has 3 aromatic rings. The molecule has 11 nitrogen and oxygen atoms in total. The highest BCUT2D eigenvalue weighted by Crippen LogP contribution is 2.44. The van der Waals surface area contributed by atoms with Gasteiger partial charge in [0.15, 0.2) is 11.4 Å².